The average Bonchev–Trinajstić information content (AvgIpc) is 2.58. The Kier molecular flexibility index (Phi) is 1.75. The maximum atomic E-state index is 9.84. The van der Waals surface area contributed by atoms with E-state index in [0.29, 0.717) is 5.56 Å². The predicted molar refractivity (Wildman–Crippen MR) is 47.7 cm³/mol. The molecule has 0 saturated heterocycles. The van der Waals surface area contributed by atoms with Gasteiger partial charge in [0.2, 0.25) is 5.72 Å². The van der Waals surface area contributed by atoms with Crippen LogP contribution in [0.3, 0.4) is 0 Å². The van der Waals surface area contributed by atoms with E-state index in [1.165, 1.54) is 30.5 Å². The highest BCUT2D eigenvalue weighted by Gasteiger charge is 2.29. The van der Waals surface area contributed by atoms with Gasteiger partial charge in [-0.15, -0.1) is 5.11 Å². The lowest BCUT2D eigenvalue weighted by Gasteiger charge is -2.15. The molecule has 0 fully saturated rings. The maximum absolute atomic E-state index is 9.84. The Bertz CT molecular complexity index is 414. The van der Waals surface area contributed by atoms with Crippen LogP contribution in [-0.4, -0.2) is 15.3 Å². The number of benzene rings is 1. The number of hydrogen-bond donors (Lipinski definition) is 3. The van der Waals surface area contributed by atoms with Crippen molar-refractivity contribution in [2.75, 3.05) is 0 Å². The third-order valence-electron chi connectivity index (χ3n) is 1.98. The van der Waals surface area contributed by atoms with E-state index in [0.717, 1.165) is 0 Å². The first-order valence-electron chi connectivity index (χ1n) is 3.96. The third-order valence-corrected chi connectivity index (χ3v) is 1.98. The normalized spacial score (nSPS) is 24.4. The fourth-order valence-electron chi connectivity index (χ4n) is 1.20. The van der Waals surface area contributed by atoms with Crippen LogP contribution in [-0.2, 0) is 5.72 Å². The second kappa shape index (κ2) is 2.81. The molecule has 0 saturated carbocycles. The molecule has 1 aliphatic heterocycles. The van der Waals surface area contributed by atoms with Crippen LogP contribution in [0, 0.1) is 0 Å². The summed E-state index contributed by atoms with van der Waals surface area (Å²) in [6, 6.07) is 3.98. The summed E-state index contributed by atoms with van der Waals surface area (Å²) in [5.41, 5.74) is -1.17. The van der Waals surface area contributed by atoms with Crippen molar-refractivity contribution in [3.05, 3.63) is 36.0 Å². The van der Waals surface area contributed by atoms with Crippen molar-refractivity contribution in [3.63, 3.8) is 0 Å². The first kappa shape index (κ1) is 8.71. The Morgan fingerprint density at radius 3 is 2.50 bits per heavy atom. The van der Waals surface area contributed by atoms with Gasteiger partial charge in [0, 0.05) is 5.56 Å². The molecule has 3 N–H and O–H groups in total. The smallest absolute Gasteiger partial charge is 0.223 e. The van der Waals surface area contributed by atoms with E-state index in [4.69, 9.17) is 5.11 Å². The van der Waals surface area contributed by atoms with E-state index in [9.17, 15) is 10.2 Å². The molecule has 5 heteroatoms. The van der Waals surface area contributed by atoms with Crippen molar-refractivity contribution in [2.24, 2.45) is 10.2 Å². The maximum Gasteiger partial charge on any atom is 0.223 e. The van der Waals surface area contributed by atoms with Gasteiger partial charge in [0.15, 0.2) is 11.5 Å². The van der Waals surface area contributed by atoms with Crippen molar-refractivity contribution in [1.29, 1.82) is 0 Å². The molecule has 0 amide bonds. The number of hydrogen-bond acceptors (Lipinski definition) is 5. The summed E-state index contributed by atoms with van der Waals surface area (Å²) in [5.74, 6) is -0.539. The molecule has 1 aromatic carbocycles. The van der Waals surface area contributed by atoms with Gasteiger partial charge in [-0.3, -0.25) is 0 Å². The number of nitrogens with zero attached hydrogens (tertiary/aromatic N) is 2. The summed E-state index contributed by atoms with van der Waals surface area (Å²) in [6.07, 6.45) is 2.75. The SMILES string of the molecule is Oc1ccc(C2(O)C=CN=N2)cc1O. The minimum absolute atomic E-state index is 0.240. The molecule has 1 unspecified atom stereocenters. The van der Waals surface area contributed by atoms with Crippen molar-refractivity contribution in [3.8, 4) is 11.5 Å². The zero-order valence-corrected chi connectivity index (χ0v) is 7.12. The Balaban J connectivity index is 2.47. The van der Waals surface area contributed by atoms with E-state index in [1.54, 1.807) is 0 Å². The van der Waals surface area contributed by atoms with Crippen LogP contribution >= 0.6 is 0 Å². The van der Waals surface area contributed by atoms with Crippen LogP contribution in [0.5, 0.6) is 11.5 Å². The fourth-order valence-corrected chi connectivity index (χ4v) is 1.20. The topological polar surface area (TPSA) is 85.4 Å². The van der Waals surface area contributed by atoms with Gasteiger partial charge in [-0.1, -0.05) is 0 Å². The standard InChI is InChI=1S/C9H8N2O3/c12-7-2-1-6(5-8(7)13)9(14)3-4-10-11-9/h1-5,12-14H. The van der Waals surface area contributed by atoms with Gasteiger partial charge in [-0.05, 0) is 24.3 Å². The lowest BCUT2D eigenvalue weighted by molar-refractivity contribution is 0.0975. The van der Waals surface area contributed by atoms with Crippen LogP contribution in [0.2, 0.25) is 0 Å². The molecule has 2 rings (SSSR count). The Labute approximate surface area is 79.7 Å². The molecule has 14 heavy (non-hydrogen) atoms. The van der Waals surface area contributed by atoms with Gasteiger partial charge < -0.3 is 15.3 Å². The van der Waals surface area contributed by atoms with Gasteiger partial charge in [0.25, 0.3) is 0 Å². The lowest BCUT2D eigenvalue weighted by Crippen LogP contribution is -2.17. The third kappa shape index (κ3) is 1.23. The molecule has 0 aliphatic carbocycles. The molecule has 0 radical (unpaired) electrons. The molecule has 1 atom stereocenters. The predicted octanol–water partition coefficient (Wildman–Crippen LogP) is 1.22. The van der Waals surface area contributed by atoms with Gasteiger partial charge in [0.05, 0.1) is 6.20 Å². The number of phenolic OH excluding ortho intramolecular Hbond substituents is 2. The summed E-state index contributed by atoms with van der Waals surface area (Å²) >= 11 is 0. The second-order valence-electron chi connectivity index (χ2n) is 2.96. The largest absolute Gasteiger partial charge is 0.504 e. The van der Waals surface area contributed by atoms with Gasteiger partial charge in [0.1, 0.15) is 0 Å². The quantitative estimate of drug-likeness (QED) is 0.585. The van der Waals surface area contributed by atoms with Crippen LogP contribution in [0.15, 0.2) is 40.7 Å². The zero-order valence-electron chi connectivity index (χ0n) is 7.12. The van der Waals surface area contributed by atoms with Gasteiger partial charge in [-0.2, -0.15) is 5.11 Å². The second-order valence-corrected chi connectivity index (χ2v) is 2.96. The number of aromatic hydroxyl groups is 2. The molecule has 1 heterocycles. The molecule has 0 aromatic heterocycles. The highest BCUT2D eigenvalue weighted by atomic mass is 16.3. The first-order chi connectivity index (χ1) is 6.62. The van der Waals surface area contributed by atoms with E-state index in [2.05, 4.69) is 10.2 Å². The molecular weight excluding hydrogens is 184 g/mol. The van der Waals surface area contributed by atoms with E-state index in [-0.39, 0.29) is 11.5 Å². The average molecular weight is 192 g/mol. The Morgan fingerprint density at radius 2 is 1.93 bits per heavy atom. The number of rotatable bonds is 1. The molecular formula is C9H8N2O3. The summed E-state index contributed by atoms with van der Waals surface area (Å²) in [7, 11) is 0. The summed E-state index contributed by atoms with van der Waals surface area (Å²) in [6.45, 7) is 0. The van der Waals surface area contributed by atoms with Gasteiger partial charge >= 0.3 is 0 Å². The summed E-state index contributed by atoms with van der Waals surface area (Å²) < 4.78 is 0. The molecule has 1 aliphatic rings. The number of aliphatic hydroxyl groups is 1. The fraction of sp³-hybridized carbons (Fsp3) is 0.111. The first-order valence-corrected chi connectivity index (χ1v) is 3.96. The molecule has 0 bridgehead atoms. The van der Waals surface area contributed by atoms with E-state index >= 15 is 0 Å². The van der Waals surface area contributed by atoms with E-state index < -0.39 is 5.72 Å². The Hall–Kier alpha value is -1.88. The van der Waals surface area contributed by atoms with E-state index in [1.807, 2.05) is 0 Å². The highest BCUT2D eigenvalue weighted by molar-refractivity contribution is 5.43. The van der Waals surface area contributed by atoms with Crippen molar-refractivity contribution < 1.29 is 15.3 Å². The van der Waals surface area contributed by atoms with Crippen molar-refractivity contribution in [2.45, 2.75) is 5.72 Å². The zero-order chi connectivity index (χ0) is 10.2. The number of phenols is 2. The highest BCUT2D eigenvalue weighted by Crippen LogP contribution is 2.34. The van der Waals surface area contributed by atoms with Crippen LogP contribution in [0.4, 0.5) is 0 Å². The molecule has 1 aromatic rings. The molecule has 0 spiro atoms. The summed E-state index contributed by atoms with van der Waals surface area (Å²) in [5, 5.41) is 35.2. The van der Waals surface area contributed by atoms with Crippen LogP contribution in [0.25, 0.3) is 0 Å². The van der Waals surface area contributed by atoms with Crippen LogP contribution in [0.1, 0.15) is 5.56 Å². The van der Waals surface area contributed by atoms with Crippen LogP contribution < -0.4 is 0 Å². The molecule has 72 valence electrons. The lowest BCUT2D eigenvalue weighted by atomic mass is 10.0. The monoisotopic (exact) mass is 192 g/mol. The molecule has 5 nitrogen and oxygen atoms in total. The summed E-state index contributed by atoms with van der Waals surface area (Å²) in [4.78, 5) is 0. The van der Waals surface area contributed by atoms with Crippen molar-refractivity contribution in [1.82, 2.24) is 0 Å². The van der Waals surface area contributed by atoms with Crippen molar-refractivity contribution >= 4 is 0 Å². The Morgan fingerprint density at radius 1 is 1.14 bits per heavy atom. The minimum Gasteiger partial charge on any atom is -0.504 e. The van der Waals surface area contributed by atoms with Gasteiger partial charge in [-0.25, -0.2) is 0 Å². The minimum atomic E-state index is -1.52. The number of azo groups is 1.